The smallest absolute Gasteiger partial charge is 0.191 e. The van der Waals surface area contributed by atoms with Gasteiger partial charge in [0.1, 0.15) is 23.9 Å². The summed E-state index contributed by atoms with van der Waals surface area (Å²) in [5.41, 5.74) is 3.03. The van der Waals surface area contributed by atoms with Crippen LogP contribution in [0.3, 0.4) is 0 Å². The second kappa shape index (κ2) is 13.4. The Hall–Kier alpha value is -3.01. The van der Waals surface area contributed by atoms with Crippen molar-refractivity contribution in [3.05, 3.63) is 83.7 Å². The highest BCUT2D eigenvalue weighted by Crippen LogP contribution is 2.24. The number of aromatic nitrogens is 1. The molecule has 1 heterocycles. The van der Waals surface area contributed by atoms with Crippen LogP contribution in [0.5, 0.6) is 17.2 Å². The van der Waals surface area contributed by atoms with Crippen LogP contribution >= 0.6 is 24.0 Å². The molecule has 0 aliphatic carbocycles. The summed E-state index contributed by atoms with van der Waals surface area (Å²) < 4.78 is 16.5. The minimum absolute atomic E-state index is 0. The zero-order valence-corrected chi connectivity index (χ0v) is 20.8. The van der Waals surface area contributed by atoms with Crippen molar-refractivity contribution < 1.29 is 14.2 Å². The van der Waals surface area contributed by atoms with Gasteiger partial charge in [-0.25, -0.2) is 0 Å². The van der Waals surface area contributed by atoms with Gasteiger partial charge in [0.2, 0.25) is 0 Å². The number of methoxy groups -OCH3 is 2. The summed E-state index contributed by atoms with van der Waals surface area (Å²) in [7, 11) is 5.03. The monoisotopic (exact) mass is 548 g/mol. The number of hydrogen-bond donors (Lipinski definition) is 2. The van der Waals surface area contributed by atoms with Crippen LogP contribution in [0.4, 0.5) is 0 Å². The van der Waals surface area contributed by atoms with Crippen LogP contribution in [0.1, 0.15) is 16.8 Å². The molecule has 0 amide bonds. The maximum atomic E-state index is 5.78. The van der Waals surface area contributed by atoms with Crippen LogP contribution in [-0.4, -0.2) is 32.2 Å². The number of nitrogens with zero attached hydrogens (tertiary/aromatic N) is 2. The molecule has 0 aliphatic rings. The quantitative estimate of drug-likeness (QED) is 0.238. The van der Waals surface area contributed by atoms with Crippen LogP contribution in [0.25, 0.3) is 0 Å². The molecule has 0 bridgehead atoms. The lowest BCUT2D eigenvalue weighted by Gasteiger charge is -2.15. The second-order valence-electron chi connectivity index (χ2n) is 6.71. The Kier molecular flexibility index (Phi) is 10.6. The van der Waals surface area contributed by atoms with E-state index in [0.717, 1.165) is 34.1 Å². The van der Waals surface area contributed by atoms with Gasteiger partial charge in [0.05, 0.1) is 19.9 Å². The largest absolute Gasteiger partial charge is 0.497 e. The van der Waals surface area contributed by atoms with Crippen LogP contribution in [-0.2, 0) is 19.7 Å². The van der Waals surface area contributed by atoms with Crippen LogP contribution in [0.15, 0.2) is 71.9 Å². The molecule has 0 saturated heterocycles. The van der Waals surface area contributed by atoms with Gasteiger partial charge in [0.25, 0.3) is 0 Å². The normalized spacial score (nSPS) is 10.7. The van der Waals surface area contributed by atoms with Gasteiger partial charge in [0.15, 0.2) is 5.96 Å². The Balaban J connectivity index is 0.00000363. The molecule has 0 unspecified atom stereocenters. The summed E-state index contributed by atoms with van der Waals surface area (Å²) in [6.07, 6.45) is 1.76. The fraction of sp³-hybridized carbons (Fsp3) is 0.250. The second-order valence-corrected chi connectivity index (χ2v) is 6.71. The average Bonchev–Trinajstić information content (AvgIpc) is 2.84. The van der Waals surface area contributed by atoms with E-state index in [1.54, 1.807) is 27.5 Å². The molecule has 8 heteroatoms. The number of aliphatic imine (C=N–C) groups is 1. The number of pyridine rings is 1. The van der Waals surface area contributed by atoms with Gasteiger partial charge < -0.3 is 24.8 Å². The molecule has 7 nitrogen and oxygen atoms in total. The molecule has 3 rings (SSSR count). The number of ether oxygens (including phenoxy) is 3. The first-order chi connectivity index (χ1) is 15.2. The predicted octanol–water partition coefficient (Wildman–Crippen LogP) is 4.16. The third-order valence-corrected chi connectivity index (χ3v) is 4.66. The van der Waals surface area contributed by atoms with Crippen molar-refractivity contribution in [2.24, 2.45) is 4.99 Å². The van der Waals surface area contributed by atoms with Gasteiger partial charge in [-0.3, -0.25) is 9.98 Å². The molecule has 0 fully saturated rings. The van der Waals surface area contributed by atoms with Crippen molar-refractivity contribution in [3.8, 4) is 17.2 Å². The zero-order valence-electron chi connectivity index (χ0n) is 18.5. The lowest BCUT2D eigenvalue weighted by molar-refractivity contribution is 0.301. The van der Waals surface area contributed by atoms with Crippen molar-refractivity contribution >= 4 is 29.9 Å². The van der Waals surface area contributed by atoms with E-state index in [-0.39, 0.29) is 24.0 Å². The minimum Gasteiger partial charge on any atom is -0.497 e. The summed E-state index contributed by atoms with van der Waals surface area (Å²) >= 11 is 0. The molecule has 2 aromatic carbocycles. The molecule has 0 atom stereocenters. The SMILES string of the molecule is CN=C(NCc1ccc(OCc2ccccn2)cc1)NCc1ccc(OC)cc1OC.I. The highest BCUT2D eigenvalue weighted by molar-refractivity contribution is 14.0. The van der Waals surface area contributed by atoms with Gasteiger partial charge >= 0.3 is 0 Å². The summed E-state index contributed by atoms with van der Waals surface area (Å²) in [6, 6.07) is 19.5. The van der Waals surface area contributed by atoms with Crippen molar-refractivity contribution in [1.82, 2.24) is 15.6 Å². The number of halogens is 1. The Morgan fingerprint density at radius 3 is 2.31 bits per heavy atom. The fourth-order valence-corrected chi connectivity index (χ4v) is 2.93. The highest BCUT2D eigenvalue weighted by atomic mass is 127. The maximum Gasteiger partial charge on any atom is 0.191 e. The Morgan fingerprint density at radius 1 is 0.906 bits per heavy atom. The fourth-order valence-electron chi connectivity index (χ4n) is 2.93. The van der Waals surface area contributed by atoms with E-state index in [1.807, 2.05) is 60.7 Å². The number of benzene rings is 2. The van der Waals surface area contributed by atoms with Crippen molar-refractivity contribution in [1.29, 1.82) is 0 Å². The van der Waals surface area contributed by atoms with Gasteiger partial charge in [-0.05, 0) is 42.0 Å². The standard InChI is InChI=1S/C24H28N4O3.HI/c1-25-24(28-16-19-9-12-22(29-2)14-23(19)30-3)27-15-18-7-10-21(11-8-18)31-17-20-6-4-5-13-26-20;/h4-14H,15-17H2,1-3H3,(H2,25,27,28);1H. The number of guanidine groups is 1. The van der Waals surface area contributed by atoms with Crippen molar-refractivity contribution in [3.63, 3.8) is 0 Å². The topological polar surface area (TPSA) is 77.0 Å². The lowest BCUT2D eigenvalue weighted by Crippen LogP contribution is -2.36. The molecule has 0 radical (unpaired) electrons. The van der Waals surface area contributed by atoms with E-state index in [4.69, 9.17) is 14.2 Å². The van der Waals surface area contributed by atoms with Crippen LogP contribution < -0.4 is 24.8 Å². The van der Waals surface area contributed by atoms with Gasteiger partial charge in [-0.15, -0.1) is 24.0 Å². The first-order valence-electron chi connectivity index (χ1n) is 9.99. The predicted molar refractivity (Wildman–Crippen MR) is 137 cm³/mol. The summed E-state index contributed by atoms with van der Waals surface area (Å²) in [5, 5.41) is 6.62. The van der Waals surface area contributed by atoms with Crippen molar-refractivity contribution in [2.75, 3.05) is 21.3 Å². The molecular formula is C24H29IN4O3. The van der Waals surface area contributed by atoms with E-state index in [2.05, 4.69) is 20.6 Å². The summed E-state index contributed by atoms with van der Waals surface area (Å²) in [6.45, 7) is 1.66. The van der Waals surface area contributed by atoms with Gasteiger partial charge in [0, 0.05) is 38.0 Å². The molecule has 0 spiro atoms. The minimum atomic E-state index is 0. The first kappa shape index (κ1) is 25.3. The molecule has 32 heavy (non-hydrogen) atoms. The number of nitrogens with one attached hydrogen (secondary N) is 2. The molecule has 3 aromatic rings. The average molecular weight is 548 g/mol. The molecule has 170 valence electrons. The molecule has 0 aliphatic heterocycles. The summed E-state index contributed by atoms with van der Waals surface area (Å²) in [5.74, 6) is 3.04. The van der Waals surface area contributed by atoms with E-state index >= 15 is 0 Å². The van der Waals surface area contributed by atoms with Crippen LogP contribution in [0, 0.1) is 0 Å². The van der Waals surface area contributed by atoms with Gasteiger partial charge in [-0.2, -0.15) is 0 Å². The lowest BCUT2D eigenvalue weighted by atomic mass is 10.2. The third kappa shape index (κ3) is 7.60. The van der Waals surface area contributed by atoms with E-state index < -0.39 is 0 Å². The zero-order chi connectivity index (χ0) is 21.9. The molecule has 0 saturated carbocycles. The highest BCUT2D eigenvalue weighted by Gasteiger charge is 2.06. The number of rotatable bonds is 9. The Bertz CT molecular complexity index is 982. The Morgan fingerprint density at radius 2 is 1.66 bits per heavy atom. The Labute approximate surface area is 206 Å². The van der Waals surface area contributed by atoms with E-state index in [1.165, 1.54) is 0 Å². The molecular weight excluding hydrogens is 519 g/mol. The first-order valence-corrected chi connectivity index (χ1v) is 9.99. The molecule has 2 N–H and O–H groups in total. The van der Waals surface area contributed by atoms with Gasteiger partial charge in [-0.1, -0.05) is 18.2 Å². The summed E-state index contributed by atoms with van der Waals surface area (Å²) in [4.78, 5) is 8.54. The molecule has 1 aromatic heterocycles. The van der Waals surface area contributed by atoms with E-state index in [0.29, 0.717) is 25.7 Å². The van der Waals surface area contributed by atoms with Crippen molar-refractivity contribution in [2.45, 2.75) is 19.7 Å². The van der Waals surface area contributed by atoms with Crippen LogP contribution in [0.2, 0.25) is 0 Å². The maximum absolute atomic E-state index is 5.78. The third-order valence-electron chi connectivity index (χ3n) is 4.66. The van der Waals surface area contributed by atoms with E-state index in [9.17, 15) is 0 Å². The number of hydrogen-bond acceptors (Lipinski definition) is 5.